The average molecular weight is 557 g/mol. The standard InChI is InChI=1S/C36H32N2O4/c1-2-3-4-13-24-41-36(40)31-18-11-12-19-32(31)37-35-26-33(39)34(42-35)25-27-20-22-30(23-21-27)38(28-14-7-5-8-15-28)29-16-9-6-10-17-29/h3-12,14-23,25H,2,13,24,26H2,1H3/b4-3-,34-25+,37-35?. The molecule has 210 valence electrons. The number of ether oxygens (including phenoxy) is 2. The zero-order chi connectivity index (χ0) is 29.1. The molecule has 0 saturated carbocycles. The van der Waals surface area contributed by atoms with Gasteiger partial charge < -0.3 is 14.4 Å². The molecule has 6 heteroatoms. The zero-order valence-electron chi connectivity index (χ0n) is 23.5. The molecule has 0 bridgehead atoms. The number of ketones is 1. The van der Waals surface area contributed by atoms with Crippen LogP contribution in [0.3, 0.4) is 0 Å². The maximum atomic E-state index is 12.8. The Bertz CT molecular complexity index is 1570. The van der Waals surface area contributed by atoms with Gasteiger partial charge in [-0.15, -0.1) is 0 Å². The van der Waals surface area contributed by atoms with Crippen molar-refractivity contribution < 1.29 is 19.1 Å². The van der Waals surface area contributed by atoms with Crippen LogP contribution in [0.25, 0.3) is 6.08 Å². The highest BCUT2D eigenvalue weighted by Crippen LogP contribution is 2.34. The van der Waals surface area contributed by atoms with E-state index in [1.54, 1.807) is 30.3 Å². The monoisotopic (exact) mass is 556 g/mol. The van der Waals surface area contributed by atoms with Gasteiger partial charge in [-0.25, -0.2) is 9.79 Å². The Morgan fingerprint density at radius 2 is 1.45 bits per heavy atom. The average Bonchev–Trinajstić information content (AvgIpc) is 3.37. The minimum absolute atomic E-state index is 0.0188. The predicted molar refractivity (Wildman–Crippen MR) is 168 cm³/mol. The lowest BCUT2D eigenvalue weighted by Gasteiger charge is -2.25. The highest BCUT2D eigenvalue weighted by molar-refractivity contribution is 6.15. The van der Waals surface area contributed by atoms with Gasteiger partial charge in [-0.2, -0.15) is 0 Å². The number of para-hydroxylation sites is 3. The number of benzene rings is 4. The Hall–Kier alpha value is -5.23. The van der Waals surface area contributed by atoms with Gasteiger partial charge in [-0.3, -0.25) is 4.79 Å². The summed E-state index contributed by atoms with van der Waals surface area (Å²) in [6.07, 6.45) is 7.35. The van der Waals surface area contributed by atoms with Crippen molar-refractivity contribution in [2.75, 3.05) is 11.5 Å². The highest BCUT2D eigenvalue weighted by Gasteiger charge is 2.26. The SMILES string of the molecule is CC/C=C\CCOC(=O)c1ccccc1N=C1CC(=O)/C(=C\c2ccc(N(c3ccccc3)c3ccccc3)cc2)O1. The third-order valence-electron chi connectivity index (χ3n) is 6.58. The Morgan fingerprint density at radius 1 is 0.833 bits per heavy atom. The van der Waals surface area contributed by atoms with E-state index in [1.165, 1.54) is 0 Å². The fourth-order valence-corrected chi connectivity index (χ4v) is 4.55. The van der Waals surface area contributed by atoms with E-state index in [1.807, 2.05) is 72.8 Å². The van der Waals surface area contributed by atoms with Gasteiger partial charge in [-0.1, -0.05) is 79.7 Å². The molecule has 0 aliphatic carbocycles. The molecule has 4 aromatic rings. The van der Waals surface area contributed by atoms with Crippen molar-refractivity contribution in [2.45, 2.75) is 26.2 Å². The second kappa shape index (κ2) is 13.9. The number of hydrogen-bond donors (Lipinski definition) is 0. The van der Waals surface area contributed by atoms with E-state index in [9.17, 15) is 9.59 Å². The van der Waals surface area contributed by atoms with Gasteiger partial charge in [-0.05, 0) is 73.0 Å². The molecule has 1 saturated heterocycles. The first kappa shape index (κ1) is 28.3. The number of nitrogens with zero attached hydrogens (tertiary/aromatic N) is 2. The van der Waals surface area contributed by atoms with E-state index in [0.29, 0.717) is 17.7 Å². The van der Waals surface area contributed by atoms with Crippen LogP contribution in [0, 0.1) is 0 Å². The molecule has 1 aliphatic heterocycles. The number of carbonyl (C=O) groups excluding carboxylic acids is 2. The van der Waals surface area contributed by atoms with Gasteiger partial charge in [0.1, 0.15) is 0 Å². The molecule has 0 unspecified atom stereocenters. The summed E-state index contributed by atoms with van der Waals surface area (Å²) in [4.78, 5) is 32.1. The van der Waals surface area contributed by atoms with Gasteiger partial charge in [0.05, 0.1) is 24.3 Å². The maximum Gasteiger partial charge on any atom is 0.340 e. The summed E-state index contributed by atoms with van der Waals surface area (Å²) in [6.45, 7) is 2.34. The van der Waals surface area contributed by atoms with Crippen molar-refractivity contribution in [1.29, 1.82) is 0 Å². The van der Waals surface area contributed by atoms with Crippen LogP contribution >= 0.6 is 0 Å². The fraction of sp³-hybridized carbons (Fsp3) is 0.139. The lowest BCUT2D eigenvalue weighted by atomic mass is 10.1. The largest absolute Gasteiger partial charge is 0.462 e. The van der Waals surface area contributed by atoms with Crippen LogP contribution < -0.4 is 4.90 Å². The minimum atomic E-state index is -0.458. The summed E-state index contributed by atoms with van der Waals surface area (Å²) < 4.78 is 11.2. The Labute approximate surface area is 246 Å². The van der Waals surface area contributed by atoms with Crippen LogP contribution in [0.1, 0.15) is 42.1 Å². The van der Waals surface area contributed by atoms with E-state index < -0.39 is 5.97 Å². The summed E-state index contributed by atoms with van der Waals surface area (Å²) in [7, 11) is 0. The fourth-order valence-electron chi connectivity index (χ4n) is 4.55. The smallest absolute Gasteiger partial charge is 0.340 e. The van der Waals surface area contributed by atoms with Crippen molar-refractivity contribution >= 4 is 46.5 Å². The topological polar surface area (TPSA) is 68.2 Å². The van der Waals surface area contributed by atoms with Crippen LogP contribution in [-0.4, -0.2) is 24.3 Å². The first-order chi connectivity index (χ1) is 20.6. The van der Waals surface area contributed by atoms with Gasteiger partial charge >= 0.3 is 5.97 Å². The highest BCUT2D eigenvalue weighted by atomic mass is 16.5. The van der Waals surface area contributed by atoms with Gasteiger partial charge in [0.25, 0.3) is 0 Å². The number of esters is 1. The molecule has 0 amide bonds. The summed E-state index contributed by atoms with van der Waals surface area (Å²) in [5.74, 6) is -0.170. The number of carbonyl (C=O) groups is 2. The molecule has 1 heterocycles. The summed E-state index contributed by atoms with van der Waals surface area (Å²) in [5.41, 5.74) is 4.63. The summed E-state index contributed by atoms with van der Waals surface area (Å²) in [5, 5.41) is 0. The van der Waals surface area contributed by atoms with Crippen molar-refractivity contribution in [3.8, 4) is 0 Å². The molecule has 0 N–H and O–H groups in total. The Morgan fingerprint density at radius 3 is 2.12 bits per heavy atom. The molecular weight excluding hydrogens is 524 g/mol. The van der Waals surface area contributed by atoms with Crippen molar-refractivity contribution in [1.82, 2.24) is 0 Å². The summed E-state index contributed by atoms with van der Waals surface area (Å²) in [6, 6.07) is 35.2. The third-order valence-corrected chi connectivity index (χ3v) is 6.58. The van der Waals surface area contributed by atoms with Crippen molar-refractivity contribution in [3.63, 3.8) is 0 Å². The molecule has 0 atom stereocenters. The quantitative estimate of drug-likeness (QED) is 0.0846. The molecule has 0 spiro atoms. The molecule has 6 nitrogen and oxygen atoms in total. The van der Waals surface area contributed by atoms with Crippen LogP contribution in [0.4, 0.5) is 22.7 Å². The first-order valence-corrected chi connectivity index (χ1v) is 14.0. The molecule has 1 aliphatic rings. The normalized spacial score (nSPS) is 14.8. The van der Waals surface area contributed by atoms with E-state index >= 15 is 0 Å². The van der Waals surface area contributed by atoms with Gasteiger partial charge in [0.2, 0.25) is 11.7 Å². The van der Waals surface area contributed by atoms with Crippen molar-refractivity contribution in [3.05, 3.63) is 138 Å². The molecule has 0 aromatic heterocycles. The lowest BCUT2D eigenvalue weighted by molar-refractivity contribution is -0.114. The summed E-state index contributed by atoms with van der Waals surface area (Å²) >= 11 is 0. The van der Waals surface area contributed by atoms with Crippen LogP contribution in [0.5, 0.6) is 0 Å². The Kier molecular flexibility index (Phi) is 9.37. The minimum Gasteiger partial charge on any atom is -0.462 e. The Balaban J connectivity index is 1.32. The van der Waals surface area contributed by atoms with E-state index in [-0.39, 0.29) is 30.5 Å². The third kappa shape index (κ3) is 7.09. The van der Waals surface area contributed by atoms with E-state index in [4.69, 9.17) is 9.47 Å². The number of aliphatic imine (C=N–C) groups is 1. The molecule has 0 radical (unpaired) electrons. The number of anilines is 3. The second-order valence-corrected chi connectivity index (χ2v) is 9.64. The number of rotatable bonds is 10. The zero-order valence-corrected chi connectivity index (χ0v) is 23.5. The van der Waals surface area contributed by atoms with E-state index in [2.05, 4.69) is 41.1 Å². The van der Waals surface area contributed by atoms with Crippen LogP contribution in [0.15, 0.2) is 132 Å². The maximum absolute atomic E-state index is 12.8. The number of hydrogen-bond acceptors (Lipinski definition) is 6. The number of Topliss-reactive ketones (excluding diaryl/α,β-unsaturated/α-hetero) is 1. The predicted octanol–water partition coefficient (Wildman–Crippen LogP) is 8.73. The second-order valence-electron chi connectivity index (χ2n) is 9.64. The van der Waals surface area contributed by atoms with E-state index in [0.717, 1.165) is 29.0 Å². The molecular formula is C36H32N2O4. The first-order valence-electron chi connectivity index (χ1n) is 14.0. The molecule has 1 fully saturated rings. The van der Waals surface area contributed by atoms with Crippen LogP contribution in [-0.2, 0) is 14.3 Å². The van der Waals surface area contributed by atoms with Gasteiger partial charge in [0, 0.05) is 17.1 Å². The van der Waals surface area contributed by atoms with Gasteiger partial charge in [0.15, 0.2) is 5.76 Å². The van der Waals surface area contributed by atoms with Crippen LogP contribution in [0.2, 0.25) is 0 Å². The molecule has 42 heavy (non-hydrogen) atoms. The molecule has 5 rings (SSSR count). The lowest BCUT2D eigenvalue weighted by Crippen LogP contribution is -2.09. The molecule has 4 aromatic carbocycles. The number of allylic oxidation sites excluding steroid dienone is 2. The van der Waals surface area contributed by atoms with Crippen molar-refractivity contribution in [2.24, 2.45) is 4.99 Å².